The van der Waals surface area contributed by atoms with E-state index >= 15 is 0 Å². The van der Waals surface area contributed by atoms with Crippen LogP contribution in [-0.4, -0.2) is 83.9 Å². The largest absolute Gasteiger partial charge is 0.453 e. The lowest BCUT2D eigenvalue weighted by Crippen LogP contribution is -2.44. The number of amides is 2. The first kappa shape index (κ1) is 35.3. The molecule has 5 heterocycles. The number of methoxy groups -OCH3 is 1. The summed E-state index contributed by atoms with van der Waals surface area (Å²) >= 11 is 0. The first-order chi connectivity index (χ1) is 25.9. The van der Waals surface area contributed by atoms with Crippen LogP contribution in [0.25, 0.3) is 33.6 Å². The minimum Gasteiger partial charge on any atom is -0.453 e. The van der Waals surface area contributed by atoms with Crippen LogP contribution in [0.5, 0.6) is 0 Å². The zero-order valence-electron chi connectivity index (χ0n) is 30.8. The van der Waals surface area contributed by atoms with Crippen LogP contribution in [0, 0.1) is 0 Å². The first-order valence-electron chi connectivity index (χ1n) is 18.5. The van der Waals surface area contributed by atoms with Crippen molar-refractivity contribution in [1.29, 1.82) is 0 Å². The second kappa shape index (κ2) is 13.9. The molecule has 8 rings (SSSR count). The van der Waals surface area contributed by atoms with Gasteiger partial charge in [-0.2, -0.15) is 0 Å². The molecule has 0 spiro atoms. The molecule has 54 heavy (non-hydrogen) atoms. The molecular formula is C41H45N7O6. The molecule has 2 amide bonds. The SMILES string of the molecule is COC(=O)N[C@H]1CCc2ccn3c2C1C(=O)C[C@H](c1ncc(-c2ccc(-c4ccc(-c5cnc([C@@H]6C[C@H](O)CN6C(=O)OC(C)(C)C)[nH]5)cc4)cc2)[nH]1)C3. The summed E-state index contributed by atoms with van der Waals surface area (Å²) in [6.45, 7) is 6.28. The van der Waals surface area contributed by atoms with Crippen LogP contribution in [0.1, 0.15) is 80.8 Å². The average molecular weight is 732 g/mol. The third kappa shape index (κ3) is 6.91. The highest BCUT2D eigenvalue weighted by Gasteiger charge is 2.42. The summed E-state index contributed by atoms with van der Waals surface area (Å²) in [7, 11) is 1.34. The number of alkyl carbamates (subject to hydrolysis) is 1. The number of benzene rings is 2. The Bertz CT molecular complexity index is 2180. The number of Topliss-reactive ketones (excluding diaryl/α,β-unsaturated/α-hetero) is 1. The Balaban J connectivity index is 0.942. The zero-order chi connectivity index (χ0) is 37.7. The lowest BCUT2D eigenvalue weighted by atomic mass is 9.79. The number of ether oxygens (including phenoxy) is 2. The highest BCUT2D eigenvalue weighted by molar-refractivity contribution is 5.88. The van der Waals surface area contributed by atoms with Gasteiger partial charge in [-0.15, -0.1) is 0 Å². The molecule has 1 aliphatic carbocycles. The fourth-order valence-electron chi connectivity index (χ4n) is 8.17. The van der Waals surface area contributed by atoms with Crippen molar-refractivity contribution in [3.8, 4) is 33.6 Å². The number of imidazole rings is 2. The maximum atomic E-state index is 13.8. The van der Waals surface area contributed by atoms with E-state index in [0.717, 1.165) is 57.1 Å². The Labute approximate surface area is 313 Å². The maximum absolute atomic E-state index is 13.8. The van der Waals surface area contributed by atoms with E-state index in [1.165, 1.54) is 7.11 Å². The highest BCUT2D eigenvalue weighted by atomic mass is 16.6. The van der Waals surface area contributed by atoms with Gasteiger partial charge in [-0.3, -0.25) is 9.69 Å². The lowest BCUT2D eigenvalue weighted by Gasteiger charge is -2.31. The summed E-state index contributed by atoms with van der Waals surface area (Å²) in [6.07, 6.45) is 6.19. The van der Waals surface area contributed by atoms with Gasteiger partial charge in [0.25, 0.3) is 0 Å². The third-order valence-corrected chi connectivity index (χ3v) is 10.7. The van der Waals surface area contributed by atoms with E-state index in [-0.39, 0.29) is 24.3 Å². The standard InChI is InChI=1S/C41H45N7O6/c1-41(2,3)54-40(52)48-22-29(49)18-33(48)38-43-20-32(45-38)26-11-7-24(8-12-26)23-5-9-25(10-6-23)31-19-42-37(44-31)28-17-34(50)35-30(46-39(51)53-4)14-13-27-15-16-47(21-28)36(27)35/h5-12,15-16,19-20,28-30,33,35,49H,13-14,17-18,21-22H2,1-4H3,(H,42,44)(H,43,45)(H,46,51)/t28-,29-,30-,33-,35?/m0/s1. The predicted molar refractivity (Wildman–Crippen MR) is 201 cm³/mol. The summed E-state index contributed by atoms with van der Waals surface area (Å²) < 4.78 is 12.6. The van der Waals surface area contributed by atoms with Crippen molar-refractivity contribution >= 4 is 18.0 Å². The molecule has 1 saturated heterocycles. The van der Waals surface area contributed by atoms with Crippen LogP contribution in [0.3, 0.4) is 0 Å². The number of aliphatic hydroxyl groups is 1. The highest BCUT2D eigenvalue weighted by Crippen LogP contribution is 2.40. The van der Waals surface area contributed by atoms with Gasteiger partial charge < -0.3 is 34.4 Å². The molecule has 4 N–H and O–H groups in total. The number of nitrogens with one attached hydrogen (secondary N) is 3. The number of ketones is 1. The molecule has 3 aliphatic rings. The maximum Gasteiger partial charge on any atom is 0.411 e. The second-order valence-corrected chi connectivity index (χ2v) is 15.6. The number of likely N-dealkylation sites (tertiary alicyclic amines) is 1. The van der Waals surface area contributed by atoms with Crippen LogP contribution < -0.4 is 5.32 Å². The summed E-state index contributed by atoms with van der Waals surface area (Å²) in [5.74, 6) is 0.924. The van der Waals surface area contributed by atoms with Crippen LogP contribution in [0.2, 0.25) is 0 Å². The normalized spacial score (nSPS) is 22.4. The molecule has 3 aromatic heterocycles. The molecule has 2 aromatic carbocycles. The van der Waals surface area contributed by atoms with Gasteiger partial charge in [0.15, 0.2) is 0 Å². The van der Waals surface area contributed by atoms with E-state index in [2.05, 4.69) is 73.5 Å². The molecule has 280 valence electrons. The number of hydrogen-bond donors (Lipinski definition) is 4. The molecule has 13 nitrogen and oxygen atoms in total. The number of aryl methyl sites for hydroxylation is 1. The van der Waals surface area contributed by atoms with Gasteiger partial charge in [0.05, 0.1) is 55.5 Å². The summed E-state index contributed by atoms with van der Waals surface area (Å²) in [5, 5.41) is 13.3. The summed E-state index contributed by atoms with van der Waals surface area (Å²) in [4.78, 5) is 56.4. The number of β-amino-alcohol motifs (C(OH)–C–C–N with tert-alkyl or cyclic N) is 1. The van der Waals surface area contributed by atoms with Crippen LogP contribution >= 0.6 is 0 Å². The monoisotopic (exact) mass is 731 g/mol. The number of nitrogens with zero attached hydrogens (tertiary/aromatic N) is 4. The molecule has 1 fully saturated rings. The minimum atomic E-state index is -0.647. The minimum absolute atomic E-state index is 0.0968. The van der Waals surface area contributed by atoms with Gasteiger partial charge in [-0.1, -0.05) is 48.5 Å². The molecule has 0 radical (unpaired) electrons. The predicted octanol–water partition coefficient (Wildman–Crippen LogP) is 6.49. The number of carbonyl (C=O) groups is 3. The van der Waals surface area contributed by atoms with Crippen molar-refractivity contribution < 1.29 is 29.0 Å². The molecule has 5 atom stereocenters. The van der Waals surface area contributed by atoms with E-state index in [9.17, 15) is 19.5 Å². The van der Waals surface area contributed by atoms with Crippen LogP contribution in [0.15, 0.2) is 73.2 Å². The van der Waals surface area contributed by atoms with Gasteiger partial charge in [-0.05, 0) is 67.5 Å². The zero-order valence-corrected chi connectivity index (χ0v) is 30.8. The molecule has 2 aliphatic heterocycles. The number of H-pyrrole nitrogens is 2. The van der Waals surface area contributed by atoms with Gasteiger partial charge in [0.2, 0.25) is 0 Å². The number of aliphatic hydroxyl groups excluding tert-OH is 1. The van der Waals surface area contributed by atoms with E-state index in [1.54, 1.807) is 11.1 Å². The smallest absolute Gasteiger partial charge is 0.411 e. The van der Waals surface area contributed by atoms with Crippen molar-refractivity contribution in [2.75, 3.05) is 13.7 Å². The quantitative estimate of drug-likeness (QED) is 0.154. The van der Waals surface area contributed by atoms with Crippen LogP contribution in [-0.2, 0) is 27.2 Å². The van der Waals surface area contributed by atoms with Crippen LogP contribution in [0.4, 0.5) is 9.59 Å². The fraction of sp³-hybridized carbons (Fsp3) is 0.390. The van der Waals surface area contributed by atoms with E-state index in [0.29, 0.717) is 31.6 Å². The number of rotatable bonds is 6. The molecule has 0 bridgehead atoms. The Morgan fingerprint density at radius 3 is 2.13 bits per heavy atom. The molecule has 13 heteroatoms. The third-order valence-electron chi connectivity index (χ3n) is 10.7. The average Bonchev–Trinajstić information content (AvgIpc) is 3.97. The molecule has 1 unspecified atom stereocenters. The molecular weight excluding hydrogens is 686 g/mol. The van der Waals surface area contributed by atoms with Crippen molar-refractivity contribution in [3.05, 3.63) is 96.1 Å². The molecule has 0 saturated carbocycles. The van der Waals surface area contributed by atoms with E-state index in [1.807, 2.05) is 39.1 Å². The number of hydrogen-bond acceptors (Lipinski definition) is 8. The van der Waals surface area contributed by atoms with Gasteiger partial charge in [-0.25, -0.2) is 19.6 Å². The van der Waals surface area contributed by atoms with Crippen molar-refractivity contribution in [3.63, 3.8) is 0 Å². The Kier molecular flexibility index (Phi) is 9.13. The summed E-state index contributed by atoms with van der Waals surface area (Å²) in [5.41, 5.74) is 7.25. The number of aromatic amines is 2. The number of aromatic nitrogens is 5. The van der Waals surface area contributed by atoms with E-state index in [4.69, 9.17) is 14.5 Å². The Morgan fingerprint density at radius 2 is 1.50 bits per heavy atom. The first-order valence-corrected chi connectivity index (χ1v) is 18.5. The Hall–Kier alpha value is -5.69. The Morgan fingerprint density at radius 1 is 0.889 bits per heavy atom. The van der Waals surface area contributed by atoms with Gasteiger partial charge >= 0.3 is 12.2 Å². The lowest BCUT2D eigenvalue weighted by molar-refractivity contribution is -0.121. The molecule has 5 aromatic rings. The second-order valence-electron chi connectivity index (χ2n) is 15.6. The van der Waals surface area contributed by atoms with Crippen molar-refractivity contribution in [2.24, 2.45) is 0 Å². The van der Waals surface area contributed by atoms with Crippen molar-refractivity contribution in [2.45, 2.75) is 88.6 Å². The van der Waals surface area contributed by atoms with Gasteiger partial charge in [0.1, 0.15) is 23.0 Å². The fourth-order valence-corrected chi connectivity index (χ4v) is 8.17. The summed E-state index contributed by atoms with van der Waals surface area (Å²) in [6, 6.07) is 17.8. The number of carbonyl (C=O) groups excluding carboxylic acids is 3. The topological polar surface area (TPSA) is 167 Å². The van der Waals surface area contributed by atoms with Crippen molar-refractivity contribution in [1.82, 2.24) is 34.7 Å². The van der Waals surface area contributed by atoms with Gasteiger partial charge in [0, 0.05) is 43.2 Å². The van der Waals surface area contributed by atoms with E-state index < -0.39 is 35.9 Å².